The summed E-state index contributed by atoms with van der Waals surface area (Å²) < 4.78 is 42.1. The van der Waals surface area contributed by atoms with Crippen LogP contribution in [0.5, 0.6) is 0 Å². The molecule has 0 N–H and O–H groups in total. The predicted octanol–water partition coefficient (Wildman–Crippen LogP) is 2.42. The first-order valence-corrected chi connectivity index (χ1v) is 6.43. The van der Waals surface area contributed by atoms with Gasteiger partial charge in [-0.2, -0.15) is 13.2 Å². The minimum absolute atomic E-state index is 0.117. The second-order valence-electron chi connectivity index (χ2n) is 5.38. The molecule has 0 saturated carbocycles. The zero-order chi connectivity index (χ0) is 16.1. The van der Waals surface area contributed by atoms with Gasteiger partial charge < -0.3 is 4.74 Å². The monoisotopic (exact) mass is 297 g/mol. The third-order valence-corrected chi connectivity index (χ3v) is 2.94. The van der Waals surface area contributed by atoms with Crippen molar-refractivity contribution in [2.45, 2.75) is 46.8 Å². The van der Waals surface area contributed by atoms with Gasteiger partial charge in [0.15, 0.2) is 5.78 Å². The summed E-state index contributed by atoms with van der Waals surface area (Å²) in [6.07, 6.45) is -4.39. The average Bonchev–Trinajstić information content (AvgIpc) is 2.26. The quantitative estimate of drug-likeness (QED) is 0.535. The lowest BCUT2D eigenvalue weighted by atomic mass is 9.87. The summed E-state index contributed by atoms with van der Waals surface area (Å²) in [4.78, 5) is 24.7. The van der Waals surface area contributed by atoms with E-state index in [2.05, 4.69) is 0 Å². The van der Waals surface area contributed by atoms with E-state index in [4.69, 9.17) is 4.74 Å². The van der Waals surface area contributed by atoms with Crippen LogP contribution in [-0.4, -0.2) is 48.6 Å². The van der Waals surface area contributed by atoms with Crippen LogP contribution in [0.4, 0.5) is 13.2 Å². The Hall–Kier alpha value is -1.11. The van der Waals surface area contributed by atoms with Crippen LogP contribution >= 0.6 is 0 Å². The fourth-order valence-electron chi connectivity index (χ4n) is 1.46. The number of ether oxygens (including phenoxy) is 1. The highest BCUT2D eigenvalue weighted by Gasteiger charge is 2.40. The Balaban J connectivity index is 4.88. The number of esters is 1. The van der Waals surface area contributed by atoms with Crippen molar-refractivity contribution < 1.29 is 27.5 Å². The van der Waals surface area contributed by atoms with Gasteiger partial charge in [0.1, 0.15) is 5.41 Å². The smallest absolute Gasteiger partial charge is 0.401 e. The van der Waals surface area contributed by atoms with Crippen LogP contribution in [0.3, 0.4) is 0 Å². The van der Waals surface area contributed by atoms with Gasteiger partial charge in [0.05, 0.1) is 19.7 Å². The molecule has 0 rings (SSSR count). The molecule has 0 radical (unpaired) electrons. The highest BCUT2D eigenvalue weighted by atomic mass is 19.4. The minimum Gasteiger partial charge on any atom is -0.465 e. The van der Waals surface area contributed by atoms with Gasteiger partial charge in [-0.1, -0.05) is 0 Å². The van der Waals surface area contributed by atoms with Crippen molar-refractivity contribution in [3.8, 4) is 0 Å². The second kappa shape index (κ2) is 7.06. The molecular weight excluding hydrogens is 275 g/mol. The first-order chi connectivity index (χ1) is 8.91. The summed E-state index contributed by atoms with van der Waals surface area (Å²) in [5.74, 6) is -1.31. The van der Waals surface area contributed by atoms with Crippen molar-refractivity contribution >= 4 is 11.8 Å². The average molecular weight is 297 g/mol. The van der Waals surface area contributed by atoms with E-state index in [0.717, 1.165) is 4.90 Å². The summed E-state index contributed by atoms with van der Waals surface area (Å²) >= 11 is 0. The molecule has 0 aliphatic heterocycles. The topological polar surface area (TPSA) is 46.6 Å². The second-order valence-corrected chi connectivity index (χ2v) is 5.38. The fourth-order valence-corrected chi connectivity index (χ4v) is 1.46. The van der Waals surface area contributed by atoms with Crippen LogP contribution in [-0.2, 0) is 14.3 Å². The van der Waals surface area contributed by atoms with Gasteiger partial charge in [-0.3, -0.25) is 14.5 Å². The molecule has 0 aromatic carbocycles. The van der Waals surface area contributed by atoms with Crippen LogP contribution in [0, 0.1) is 5.41 Å². The zero-order valence-corrected chi connectivity index (χ0v) is 12.5. The number of carbonyl (C=O) groups is 2. The Morgan fingerprint density at radius 3 is 2.05 bits per heavy atom. The van der Waals surface area contributed by atoms with Crippen molar-refractivity contribution in [3.05, 3.63) is 0 Å². The van der Waals surface area contributed by atoms with Gasteiger partial charge in [-0.25, -0.2) is 0 Å². The standard InChI is InChI=1S/C13H22F3NO3/c1-6-20-11(19)12(4,5)10(18)7-17(9(2)3)8-13(14,15)16/h9H,6-8H2,1-5H3. The van der Waals surface area contributed by atoms with Gasteiger partial charge in [0.2, 0.25) is 0 Å². The number of halogens is 3. The van der Waals surface area contributed by atoms with Crippen LogP contribution in [0.1, 0.15) is 34.6 Å². The molecule has 7 heteroatoms. The summed E-state index contributed by atoms with van der Waals surface area (Å²) in [5.41, 5.74) is -1.45. The van der Waals surface area contributed by atoms with Crippen molar-refractivity contribution in [2.75, 3.05) is 19.7 Å². The Kier molecular flexibility index (Phi) is 6.67. The predicted molar refractivity (Wildman–Crippen MR) is 68.2 cm³/mol. The number of nitrogens with zero attached hydrogens (tertiary/aromatic N) is 1. The molecule has 0 aromatic heterocycles. The first kappa shape index (κ1) is 18.9. The van der Waals surface area contributed by atoms with Crippen molar-refractivity contribution in [2.24, 2.45) is 5.41 Å². The van der Waals surface area contributed by atoms with E-state index in [1.165, 1.54) is 13.8 Å². The van der Waals surface area contributed by atoms with Crippen molar-refractivity contribution in [1.82, 2.24) is 4.90 Å². The zero-order valence-electron chi connectivity index (χ0n) is 12.5. The van der Waals surface area contributed by atoms with Crippen LogP contribution in [0.25, 0.3) is 0 Å². The maximum Gasteiger partial charge on any atom is 0.401 e. The molecule has 118 valence electrons. The highest BCUT2D eigenvalue weighted by Crippen LogP contribution is 2.22. The Morgan fingerprint density at radius 2 is 1.70 bits per heavy atom. The van der Waals surface area contributed by atoms with Gasteiger partial charge in [0.25, 0.3) is 0 Å². The Labute approximate surface area is 117 Å². The van der Waals surface area contributed by atoms with Crippen LogP contribution in [0.15, 0.2) is 0 Å². The molecule has 0 atom stereocenters. The molecular formula is C13H22F3NO3. The molecule has 4 nitrogen and oxygen atoms in total. The van der Waals surface area contributed by atoms with Gasteiger partial charge in [-0.05, 0) is 34.6 Å². The first-order valence-electron chi connectivity index (χ1n) is 6.43. The van der Waals surface area contributed by atoms with Crippen LogP contribution in [0.2, 0.25) is 0 Å². The number of hydrogen-bond acceptors (Lipinski definition) is 4. The molecule has 0 aliphatic carbocycles. The van der Waals surface area contributed by atoms with Crippen LogP contribution < -0.4 is 0 Å². The lowest BCUT2D eigenvalue weighted by molar-refractivity contribution is -0.161. The third kappa shape index (κ3) is 5.90. The van der Waals surface area contributed by atoms with Crippen molar-refractivity contribution in [3.63, 3.8) is 0 Å². The molecule has 0 aliphatic rings. The number of carbonyl (C=O) groups excluding carboxylic acids is 2. The van der Waals surface area contributed by atoms with E-state index in [-0.39, 0.29) is 6.61 Å². The summed E-state index contributed by atoms with van der Waals surface area (Å²) in [6, 6.07) is -0.460. The number of alkyl halides is 3. The Morgan fingerprint density at radius 1 is 1.20 bits per heavy atom. The summed E-state index contributed by atoms with van der Waals surface area (Å²) in [5, 5.41) is 0. The minimum atomic E-state index is -4.39. The molecule has 0 bridgehead atoms. The SMILES string of the molecule is CCOC(=O)C(C)(C)C(=O)CN(CC(F)(F)F)C(C)C. The summed E-state index contributed by atoms with van der Waals surface area (Å²) in [6.45, 7) is 5.94. The van der Waals surface area contributed by atoms with E-state index in [1.54, 1.807) is 20.8 Å². The van der Waals surface area contributed by atoms with E-state index in [1.807, 2.05) is 0 Å². The molecule has 0 fully saturated rings. The van der Waals surface area contributed by atoms with Crippen molar-refractivity contribution in [1.29, 1.82) is 0 Å². The molecule has 0 saturated heterocycles. The van der Waals surface area contributed by atoms with E-state index in [9.17, 15) is 22.8 Å². The van der Waals surface area contributed by atoms with E-state index < -0.39 is 42.5 Å². The number of rotatable bonds is 7. The lowest BCUT2D eigenvalue weighted by Crippen LogP contribution is -2.47. The van der Waals surface area contributed by atoms with E-state index in [0.29, 0.717) is 0 Å². The normalized spacial score (nSPS) is 12.9. The third-order valence-electron chi connectivity index (χ3n) is 2.94. The molecule has 0 spiro atoms. The number of ketones is 1. The Bertz CT molecular complexity index is 351. The summed E-state index contributed by atoms with van der Waals surface area (Å²) in [7, 11) is 0. The lowest BCUT2D eigenvalue weighted by Gasteiger charge is -2.30. The molecule has 0 amide bonds. The number of Topliss-reactive ketones (excluding diaryl/α,β-unsaturated/α-hetero) is 1. The number of hydrogen-bond donors (Lipinski definition) is 0. The fraction of sp³-hybridized carbons (Fsp3) is 0.846. The maximum absolute atomic E-state index is 12.4. The largest absolute Gasteiger partial charge is 0.465 e. The molecule has 20 heavy (non-hydrogen) atoms. The van der Waals surface area contributed by atoms with Gasteiger partial charge >= 0.3 is 12.1 Å². The van der Waals surface area contributed by atoms with E-state index >= 15 is 0 Å². The molecule has 0 aromatic rings. The maximum atomic E-state index is 12.4. The molecule has 0 unspecified atom stereocenters. The molecule has 0 heterocycles. The van der Waals surface area contributed by atoms with Gasteiger partial charge in [-0.15, -0.1) is 0 Å². The van der Waals surface area contributed by atoms with Gasteiger partial charge in [0, 0.05) is 6.04 Å². The highest BCUT2D eigenvalue weighted by molar-refractivity contribution is 6.03.